The van der Waals surface area contributed by atoms with Crippen molar-refractivity contribution >= 4 is 11.6 Å². The number of ether oxygens (including phenoxy) is 2. The van der Waals surface area contributed by atoms with Crippen LogP contribution in [0.2, 0.25) is 0 Å². The molecule has 1 fully saturated rings. The minimum absolute atomic E-state index is 0.172. The molecule has 0 saturated carbocycles. The fourth-order valence-electron chi connectivity index (χ4n) is 3.27. The van der Waals surface area contributed by atoms with Gasteiger partial charge < -0.3 is 19.3 Å². The van der Waals surface area contributed by atoms with Crippen LogP contribution in [0, 0.1) is 6.92 Å². The van der Waals surface area contributed by atoms with Crippen LogP contribution in [0.1, 0.15) is 11.1 Å². The number of hydrogen-bond donors (Lipinski definition) is 0. The van der Waals surface area contributed by atoms with Crippen molar-refractivity contribution in [2.24, 2.45) is 0 Å². The van der Waals surface area contributed by atoms with Gasteiger partial charge in [0.2, 0.25) is 5.91 Å². The standard InChI is InChI=1S/C21H26N2O3/c1-16-4-5-17(14-20(16)26-3)15-21(24)23-12-10-22(11-13-23)18-6-8-19(25-2)9-7-18/h4-9,14H,10-13,15H2,1-3H3. The Morgan fingerprint density at radius 3 is 2.27 bits per heavy atom. The van der Waals surface area contributed by atoms with E-state index in [9.17, 15) is 4.79 Å². The number of rotatable bonds is 5. The lowest BCUT2D eigenvalue weighted by Crippen LogP contribution is -2.49. The zero-order valence-corrected chi connectivity index (χ0v) is 15.7. The van der Waals surface area contributed by atoms with E-state index < -0.39 is 0 Å². The second kappa shape index (κ2) is 8.13. The summed E-state index contributed by atoms with van der Waals surface area (Å²) in [7, 11) is 3.33. The summed E-state index contributed by atoms with van der Waals surface area (Å²) < 4.78 is 10.6. The molecule has 26 heavy (non-hydrogen) atoms. The molecule has 5 heteroatoms. The van der Waals surface area contributed by atoms with E-state index in [1.54, 1.807) is 14.2 Å². The lowest BCUT2D eigenvalue weighted by atomic mass is 10.1. The first-order valence-electron chi connectivity index (χ1n) is 8.91. The summed E-state index contributed by atoms with van der Waals surface area (Å²) >= 11 is 0. The van der Waals surface area contributed by atoms with Gasteiger partial charge in [-0.25, -0.2) is 0 Å². The minimum atomic E-state index is 0.172. The third-order valence-corrected chi connectivity index (χ3v) is 4.90. The van der Waals surface area contributed by atoms with Gasteiger partial charge in [0.05, 0.1) is 20.6 Å². The molecule has 1 heterocycles. The maximum Gasteiger partial charge on any atom is 0.227 e. The highest BCUT2D eigenvalue weighted by Crippen LogP contribution is 2.22. The average Bonchev–Trinajstić information content (AvgIpc) is 2.69. The molecule has 0 spiro atoms. The van der Waals surface area contributed by atoms with Crippen molar-refractivity contribution in [3.63, 3.8) is 0 Å². The molecule has 0 N–H and O–H groups in total. The summed E-state index contributed by atoms with van der Waals surface area (Å²) in [5.41, 5.74) is 3.24. The van der Waals surface area contributed by atoms with Crippen LogP contribution in [0.25, 0.3) is 0 Å². The van der Waals surface area contributed by atoms with Gasteiger partial charge in [0.15, 0.2) is 0 Å². The summed E-state index contributed by atoms with van der Waals surface area (Å²) in [4.78, 5) is 16.9. The van der Waals surface area contributed by atoms with Crippen molar-refractivity contribution in [2.45, 2.75) is 13.3 Å². The van der Waals surface area contributed by atoms with Crippen LogP contribution in [0.3, 0.4) is 0 Å². The molecule has 0 bridgehead atoms. The molecule has 0 unspecified atom stereocenters. The van der Waals surface area contributed by atoms with Crippen molar-refractivity contribution in [2.75, 3.05) is 45.3 Å². The van der Waals surface area contributed by atoms with Gasteiger partial charge in [0.1, 0.15) is 11.5 Å². The van der Waals surface area contributed by atoms with E-state index >= 15 is 0 Å². The van der Waals surface area contributed by atoms with E-state index in [4.69, 9.17) is 9.47 Å². The van der Waals surface area contributed by atoms with Crippen LogP contribution in [0.15, 0.2) is 42.5 Å². The van der Waals surface area contributed by atoms with E-state index in [1.807, 2.05) is 42.2 Å². The Bertz CT molecular complexity index is 750. The Morgan fingerprint density at radius 2 is 1.65 bits per heavy atom. The van der Waals surface area contributed by atoms with Crippen LogP contribution in [0.4, 0.5) is 5.69 Å². The topological polar surface area (TPSA) is 42.0 Å². The fourth-order valence-corrected chi connectivity index (χ4v) is 3.27. The summed E-state index contributed by atoms with van der Waals surface area (Å²) in [5.74, 6) is 1.86. The molecule has 0 radical (unpaired) electrons. The van der Waals surface area contributed by atoms with Gasteiger partial charge in [0, 0.05) is 31.9 Å². The Balaban J connectivity index is 1.56. The maximum absolute atomic E-state index is 12.6. The van der Waals surface area contributed by atoms with Gasteiger partial charge in [0.25, 0.3) is 0 Å². The van der Waals surface area contributed by atoms with Crippen LogP contribution in [-0.4, -0.2) is 51.2 Å². The highest BCUT2D eigenvalue weighted by molar-refractivity contribution is 5.79. The Morgan fingerprint density at radius 1 is 0.962 bits per heavy atom. The van der Waals surface area contributed by atoms with Crippen molar-refractivity contribution in [1.82, 2.24) is 4.90 Å². The smallest absolute Gasteiger partial charge is 0.227 e. The number of anilines is 1. The number of amides is 1. The number of carbonyl (C=O) groups is 1. The first kappa shape index (κ1) is 18.1. The van der Waals surface area contributed by atoms with Gasteiger partial charge in [-0.1, -0.05) is 12.1 Å². The summed E-state index contributed by atoms with van der Waals surface area (Å²) in [6.45, 7) is 5.18. The number of hydrogen-bond acceptors (Lipinski definition) is 4. The first-order valence-corrected chi connectivity index (χ1v) is 8.91. The molecule has 1 aliphatic heterocycles. The normalized spacial score (nSPS) is 14.3. The fraction of sp³-hybridized carbons (Fsp3) is 0.381. The second-order valence-electron chi connectivity index (χ2n) is 6.55. The Kier molecular flexibility index (Phi) is 5.66. The quantitative estimate of drug-likeness (QED) is 0.828. The molecular weight excluding hydrogens is 328 g/mol. The number of piperazine rings is 1. The van der Waals surface area contributed by atoms with Crippen molar-refractivity contribution in [3.8, 4) is 11.5 Å². The summed E-state index contributed by atoms with van der Waals surface area (Å²) in [5, 5.41) is 0. The molecule has 1 saturated heterocycles. The minimum Gasteiger partial charge on any atom is -0.497 e. The van der Waals surface area contributed by atoms with Gasteiger partial charge in [-0.15, -0.1) is 0 Å². The second-order valence-corrected chi connectivity index (χ2v) is 6.55. The largest absolute Gasteiger partial charge is 0.497 e. The van der Waals surface area contributed by atoms with Crippen molar-refractivity contribution < 1.29 is 14.3 Å². The first-order chi connectivity index (χ1) is 12.6. The van der Waals surface area contributed by atoms with Gasteiger partial charge in [-0.3, -0.25) is 4.79 Å². The molecule has 2 aromatic rings. The van der Waals surface area contributed by atoms with Crippen molar-refractivity contribution in [1.29, 1.82) is 0 Å². The number of nitrogens with zero attached hydrogens (tertiary/aromatic N) is 2. The number of methoxy groups -OCH3 is 2. The summed E-state index contributed by atoms with van der Waals surface area (Å²) in [6, 6.07) is 14.0. The van der Waals surface area contributed by atoms with E-state index in [0.717, 1.165) is 48.8 Å². The highest BCUT2D eigenvalue weighted by atomic mass is 16.5. The Labute approximate surface area is 155 Å². The molecule has 0 aromatic heterocycles. The molecule has 0 aliphatic carbocycles. The van der Waals surface area contributed by atoms with Crippen molar-refractivity contribution in [3.05, 3.63) is 53.6 Å². The van der Waals surface area contributed by atoms with E-state index in [-0.39, 0.29) is 5.91 Å². The molecule has 1 amide bonds. The molecule has 2 aromatic carbocycles. The van der Waals surface area contributed by atoms with Crippen LogP contribution in [0.5, 0.6) is 11.5 Å². The lowest BCUT2D eigenvalue weighted by molar-refractivity contribution is -0.130. The third-order valence-electron chi connectivity index (χ3n) is 4.90. The monoisotopic (exact) mass is 354 g/mol. The number of carbonyl (C=O) groups excluding carboxylic acids is 1. The van der Waals surface area contributed by atoms with Gasteiger partial charge in [-0.2, -0.15) is 0 Å². The van der Waals surface area contributed by atoms with E-state index in [2.05, 4.69) is 17.0 Å². The van der Waals surface area contributed by atoms with Crippen LogP contribution < -0.4 is 14.4 Å². The molecule has 138 valence electrons. The SMILES string of the molecule is COc1ccc(N2CCN(C(=O)Cc3ccc(C)c(OC)c3)CC2)cc1. The molecule has 0 atom stereocenters. The molecular formula is C21H26N2O3. The van der Waals surface area contributed by atoms with Crippen LogP contribution in [-0.2, 0) is 11.2 Å². The Hall–Kier alpha value is -2.69. The summed E-state index contributed by atoms with van der Waals surface area (Å²) in [6.07, 6.45) is 0.416. The van der Waals surface area contributed by atoms with Gasteiger partial charge >= 0.3 is 0 Å². The average molecular weight is 354 g/mol. The molecule has 1 aliphatic rings. The predicted octanol–water partition coefficient (Wildman–Crippen LogP) is 2.90. The third kappa shape index (κ3) is 4.10. The predicted molar refractivity (Wildman–Crippen MR) is 103 cm³/mol. The number of benzene rings is 2. The zero-order chi connectivity index (χ0) is 18.5. The zero-order valence-electron chi connectivity index (χ0n) is 15.7. The van der Waals surface area contributed by atoms with E-state index in [0.29, 0.717) is 6.42 Å². The highest BCUT2D eigenvalue weighted by Gasteiger charge is 2.21. The van der Waals surface area contributed by atoms with Gasteiger partial charge in [-0.05, 0) is 48.4 Å². The molecule has 3 rings (SSSR count). The number of aryl methyl sites for hydroxylation is 1. The lowest BCUT2D eigenvalue weighted by Gasteiger charge is -2.36. The van der Waals surface area contributed by atoms with Crippen LogP contribution >= 0.6 is 0 Å². The molecule has 5 nitrogen and oxygen atoms in total. The van der Waals surface area contributed by atoms with E-state index in [1.165, 1.54) is 5.69 Å². The maximum atomic E-state index is 12.6.